The molecular weight excluding hydrogens is 313 g/mol. The predicted molar refractivity (Wildman–Crippen MR) is 89.0 cm³/mol. The number of nitrogens with one attached hydrogen (secondary N) is 1. The largest absolute Gasteiger partial charge is 0.394 e. The Kier molecular flexibility index (Phi) is 6.53. The van der Waals surface area contributed by atoms with Crippen LogP contribution in [0.15, 0.2) is 18.2 Å². The maximum Gasteiger partial charge on any atom is 0.318 e. The van der Waals surface area contributed by atoms with E-state index in [1.807, 2.05) is 19.0 Å². The van der Waals surface area contributed by atoms with Crippen LogP contribution < -0.4 is 5.32 Å². The molecule has 2 rings (SSSR count). The molecule has 6 nitrogen and oxygen atoms in total. The lowest BCUT2D eigenvalue weighted by molar-refractivity contribution is 0.110. The van der Waals surface area contributed by atoms with Crippen molar-refractivity contribution in [3.63, 3.8) is 0 Å². The number of ether oxygens (including phenoxy) is 1. The number of aliphatic hydroxyl groups is 1. The summed E-state index contributed by atoms with van der Waals surface area (Å²) in [6.45, 7) is 1.19. The van der Waals surface area contributed by atoms with Crippen LogP contribution in [0.25, 0.3) is 0 Å². The summed E-state index contributed by atoms with van der Waals surface area (Å²) < 4.78 is 19.1. The van der Waals surface area contributed by atoms with Gasteiger partial charge in [-0.1, -0.05) is 6.07 Å². The Morgan fingerprint density at radius 3 is 2.88 bits per heavy atom. The van der Waals surface area contributed by atoms with Gasteiger partial charge in [-0.2, -0.15) is 0 Å². The number of nitrogens with zero attached hydrogens (tertiary/aromatic N) is 2. The van der Waals surface area contributed by atoms with Gasteiger partial charge in [0.25, 0.3) is 0 Å². The summed E-state index contributed by atoms with van der Waals surface area (Å²) in [7, 11) is 5.36. The molecule has 0 radical (unpaired) electrons. The Balaban J connectivity index is 1.96. The van der Waals surface area contributed by atoms with E-state index >= 15 is 0 Å². The van der Waals surface area contributed by atoms with Gasteiger partial charge >= 0.3 is 6.03 Å². The molecule has 2 atom stereocenters. The zero-order valence-corrected chi connectivity index (χ0v) is 14.5. The first-order chi connectivity index (χ1) is 11.4. The quantitative estimate of drug-likeness (QED) is 0.817. The molecule has 7 heteroatoms. The lowest BCUT2D eigenvalue weighted by Gasteiger charge is -2.23. The number of methoxy groups -OCH3 is 1. The average molecular weight is 339 g/mol. The van der Waals surface area contributed by atoms with E-state index in [0.29, 0.717) is 31.6 Å². The van der Waals surface area contributed by atoms with Gasteiger partial charge in [-0.15, -0.1) is 0 Å². The minimum absolute atomic E-state index is 0.0505. The van der Waals surface area contributed by atoms with Crippen molar-refractivity contribution in [3.8, 4) is 0 Å². The number of likely N-dealkylation sites (tertiary alicyclic amines) is 1. The van der Waals surface area contributed by atoms with Crippen molar-refractivity contribution in [2.45, 2.75) is 31.7 Å². The number of benzene rings is 1. The number of carbonyl (C=O) groups is 1. The number of amides is 2. The zero-order chi connectivity index (χ0) is 17.7. The highest BCUT2D eigenvalue weighted by atomic mass is 19.1. The molecule has 2 N–H and O–H groups in total. The van der Waals surface area contributed by atoms with Gasteiger partial charge in [0.05, 0.1) is 18.8 Å². The standard InChI is InChI=1S/C17H26FN3O3/c1-20(2)9-13-6-12(4-5-16(13)18)8-19-17(23)21-10-15(24-3)7-14(21)11-22/h4-6,14-15,22H,7-11H2,1-3H3,(H,19,23)/t14-,15+/m0/s1. The van der Waals surface area contributed by atoms with Gasteiger partial charge in [-0.05, 0) is 38.2 Å². The third-order valence-electron chi connectivity index (χ3n) is 4.22. The van der Waals surface area contributed by atoms with E-state index in [4.69, 9.17) is 4.74 Å². The van der Waals surface area contributed by atoms with Crippen LogP contribution in [0.2, 0.25) is 0 Å². The molecule has 0 saturated carbocycles. The molecule has 0 bridgehead atoms. The predicted octanol–water partition coefficient (Wildman–Crippen LogP) is 1.18. The minimum atomic E-state index is -0.249. The number of hydrogen-bond donors (Lipinski definition) is 2. The van der Waals surface area contributed by atoms with Crippen molar-refractivity contribution in [1.29, 1.82) is 0 Å². The number of hydrogen-bond acceptors (Lipinski definition) is 4. The molecule has 0 spiro atoms. The van der Waals surface area contributed by atoms with Crippen LogP contribution in [0.1, 0.15) is 17.5 Å². The fourth-order valence-electron chi connectivity index (χ4n) is 2.95. The molecule has 1 fully saturated rings. The molecule has 0 aliphatic carbocycles. The summed E-state index contributed by atoms with van der Waals surface area (Å²) in [6.07, 6.45) is 0.578. The molecule has 2 amide bonds. The molecule has 0 unspecified atom stereocenters. The van der Waals surface area contributed by atoms with Crippen molar-refractivity contribution in [3.05, 3.63) is 35.1 Å². The van der Waals surface area contributed by atoms with Gasteiger partial charge in [-0.3, -0.25) is 0 Å². The van der Waals surface area contributed by atoms with Crippen LogP contribution in [-0.4, -0.2) is 67.4 Å². The van der Waals surface area contributed by atoms with E-state index in [1.54, 1.807) is 24.1 Å². The van der Waals surface area contributed by atoms with Gasteiger partial charge < -0.3 is 25.0 Å². The highest BCUT2D eigenvalue weighted by Crippen LogP contribution is 2.20. The summed E-state index contributed by atoms with van der Waals surface area (Å²) in [4.78, 5) is 15.8. The normalized spacial score (nSPS) is 20.7. The Hall–Kier alpha value is -1.70. The topological polar surface area (TPSA) is 65.0 Å². The van der Waals surface area contributed by atoms with Crippen molar-refractivity contribution in [2.75, 3.05) is 34.4 Å². The Labute approximate surface area is 142 Å². The smallest absolute Gasteiger partial charge is 0.318 e. The van der Waals surface area contributed by atoms with E-state index < -0.39 is 0 Å². The molecule has 1 aliphatic heterocycles. The summed E-state index contributed by atoms with van der Waals surface area (Å²) >= 11 is 0. The first-order valence-corrected chi connectivity index (χ1v) is 8.04. The van der Waals surface area contributed by atoms with Crippen molar-refractivity contribution < 1.29 is 19.0 Å². The molecule has 1 saturated heterocycles. The van der Waals surface area contributed by atoms with Gasteiger partial charge in [-0.25, -0.2) is 9.18 Å². The van der Waals surface area contributed by atoms with E-state index in [-0.39, 0.29) is 30.6 Å². The maximum absolute atomic E-state index is 13.8. The van der Waals surface area contributed by atoms with Gasteiger partial charge in [0, 0.05) is 32.3 Å². The number of carbonyl (C=O) groups excluding carboxylic acids is 1. The Morgan fingerprint density at radius 2 is 2.25 bits per heavy atom. The number of halogens is 1. The summed E-state index contributed by atoms with van der Waals surface area (Å²) in [6, 6.07) is 4.38. The van der Waals surface area contributed by atoms with Crippen LogP contribution in [0, 0.1) is 5.82 Å². The first-order valence-electron chi connectivity index (χ1n) is 8.04. The van der Waals surface area contributed by atoms with Crippen molar-refractivity contribution in [1.82, 2.24) is 15.1 Å². The van der Waals surface area contributed by atoms with Gasteiger partial charge in [0.2, 0.25) is 0 Å². The minimum Gasteiger partial charge on any atom is -0.394 e. The SMILES string of the molecule is CO[C@@H]1C[C@@H](CO)N(C(=O)NCc2ccc(F)c(CN(C)C)c2)C1. The fourth-order valence-corrected chi connectivity index (χ4v) is 2.95. The third-order valence-corrected chi connectivity index (χ3v) is 4.22. The highest BCUT2D eigenvalue weighted by Gasteiger charge is 2.34. The van der Waals surface area contributed by atoms with E-state index in [2.05, 4.69) is 5.32 Å². The highest BCUT2D eigenvalue weighted by molar-refractivity contribution is 5.75. The summed E-state index contributed by atoms with van der Waals surface area (Å²) in [5, 5.41) is 12.2. The van der Waals surface area contributed by atoms with E-state index in [9.17, 15) is 14.3 Å². The van der Waals surface area contributed by atoms with E-state index in [1.165, 1.54) is 6.07 Å². The summed E-state index contributed by atoms with van der Waals surface area (Å²) in [5.74, 6) is -0.249. The van der Waals surface area contributed by atoms with Gasteiger partial charge in [0.1, 0.15) is 5.82 Å². The second-order valence-corrected chi connectivity index (χ2v) is 6.40. The first kappa shape index (κ1) is 18.6. The lowest BCUT2D eigenvalue weighted by Crippen LogP contribution is -2.44. The molecule has 1 aromatic rings. The zero-order valence-electron chi connectivity index (χ0n) is 14.5. The van der Waals surface area contributed by atoms with Crippen LogP contribution >= 0.6 is 0 Å². The Morgan fingerprint density at radius 1 is 1.50 bits per heavy atom. The second kappa shape index (κ2) is 8.41. The van der Waals surface area contributed by atoms with Crippen LogP contribution in [0.5, 0.6) is 0 Å². The van der Waals surface area contributed by atoms with Crippen LogP contribution in [0.4, 0.5) is 9.18 Å². The molecule has 24 heavy (non-hydrogen) atoms. The molecule has 134 valence electrons. The van der Waals surface area contributed by atoms with Crippen molar-refractivity contribution >= 4 is 6.03 Å². The average Bonchev–Trinajstić information content (AvgIpc) is 2.98. The third kappa shape index (κ3) is 4.66. The van der Waals surface area contributed by atoms with E-state index in [0.717, 1.165) is 5.56 Å². The molecule has 1 heterocycles. The number of urea groups is 1. The number of rotatable bonds is 6. The van der Waals surface area contributed by atoms with Gasteiger partial charge in [0.15, 0.2) is 0 Å². The van der Waals surface area contributed by atoms with Crippen LogP contribution in [0.3, 0.4) is 0 Å². The molecule has 1 aliphatic rings. The maximum atomic E-state index is 13.8. The Bertz CT molecular complexity index is 568. The second-order valence-electron chi connectivity index (χ2n) is 6.40. The molecular formula is C17H26FN3O3. The monoisotopic (exact) mass is 339 g/mol. The van der Waals surface area contributed by atoms with Crippen LogP contribution in [-0.2, 0) is 17.8 Å². The summed E-state index contributed by atoms with van der Waals surface area (Å²) in [5.41, 5.74) is 1.44. The number of aliphatic hydroxyl groups excluding tert-OH is 1. The lowest BCUT2D eigenvalue weighted by atomic mass is 10.1. The molecule has 0 aromatic heterocycles. The fraction of sp³-hybridized carbons (Fsp3) is 0.588. The van der Waals surface area contributed by atoms with Crippen molar-refractivity contribution in [2.24, 2.45) is 0 Å². The molecule has 1 aromatic carbocycles.